The van der Waals surface area contributed by atoms with E-state index < -0.39 is 12.2 Å². The maximum atomic E-state index is 11.9. The van der Waals surface area contributed by atoms with Crippen LogP contribution < -0.4 is 5.32 Å². The second-order valence-electron chi connectivity index (χ2n) is 4.89. The molecule has 1 aromatic rings. The number of benzene rings is 1. The van der Waals surface area contributed by atoms with Gasteiger partial charge in [0, 0.05) is 13.0 Å². The summed E-state index contributed by atoms with van der Waals surface area (Å²) in [5, 5.41) is 16.2. The molecule has 2 unspecified atom stereocenters. The Kier molecular flexibility index (Phi) is 5.12. The third-order valence-electron chi connectivity index (χ3n) is 3.20. The number of aliphatic hydroxyl groups is 1. The summed E-state index contributed by atoms with van der Waals surface area (Å²) >= 11 is 0. The van der Waals surface area contributed by atoms with Crippen LogP contribution in [0, 0.1) is 0 Å². The van der Waals surface area contributed by atoms with Crippen LogP contribution in [0.3, 0.4) is 0 Å². The molecule has 1 aliphatic heterocycles. The van der Waals surface area contributed by atoms with Crippen molar-refractivity contribution >= 4 is 11.6 Å². The number of aliphatic hydroxyl groups excluding tert-OH is 1. The van der Waals surface area contributed by atoms with Gasteiger partial charge in [-0.3, -0.25) is 4.79 Å². The highest BCUT2D eigenvalue weighted by molar-refractivity contribution is 6.04. The monoisotopic (exact) mass is 276 g/mol. The molecule has 0 aliphatic carbocycles. The summed E-state index contributed by atoms with van der Waals surface area (Å²) in [6.07, 6.45) is 0.925. The third-order valence-corrected chi connectivity index (χ3v) is 3.20. The van der Waals surface area contributed by atoms with Crippen LogP contribution >= 0.6 is 0 Å². The first-order valence-electron chi connectivity index (χ1n) is 6.94. The van der Waals surface area contributed by atoms with Gasteiger partial charge in [0.1, 0.15) is 0 Å². The lowest BCUT2D eigenvalue weighted by atomic mass is 10.0. The maximum Gasteiger partial charge on any atom is 0.264 e. The molecule has 1 aromatic carbocycles. The number of rotatable bonds is 6. The number of hydrogen-bond donors (Lipinski definition) is 2. The van der Waals surface area contributed by atoms with E-state index in [4.69, 9.17) is 4.84 Å². The van der Waals surface area contributed by atoms with Crippen LogP contribution in [-0.2, 0) is 9.63 Å². The summed E-state index contributed by atoms with van der Waals surface area (Å²) in [6.45, 7) is 2.25. The lowest BCUT2D eigenvalue weighted by Gasteiger charge is -2.13. The molecule has 5 nitrogen and oxygen atoms in total. The number of carbonyl (C=O) groups excluding carboxylic acids is 1. The first-order chi connectivity index (χ1) is 9.70. The molecule has 2 atom stereocenters. The fraction of sp³-hybridized carbons (Fsp3) is 0.467. The summed E-state index contributed by atoms with van der Waals surface area (Å²) in [5.74, 6) is -0.227. The van der Waals surface area contributed by atoms with Gasteiger partial charge in [0.05, 0.1) is 11.8 Å². The summed E-state index contributed by atoms with van der Waals surface area (Å²) in [7, 11) is 0. The average Bonchev–Trinajstić information content (AvgIpc) is 2.96. The Morgan fingerprint density at radius 2 is 2.25 bits per heavy atom. The lowest BCUT2D eigenvalue weighted by Crippen LogP contribution is -2.39. The lowest BCUT2D eigenvalue weighted by molar-refractivity contribution is -0.131. The molecule has 20 heavy (non-hydrogen) atoms. The van der Waals surface area contributed by atoms with Crippen LogP contribution in [0.1, 0.15) is 31.7 Å². The number of oxime groups is 1. The SMILES string of the molecule is CCCC(O)CNC(=O)C1CC(c2ccccc2)=NO1. The smallest absolute Gasteiger partial charge is 0.264 e. The Balaban J connectivity index is 1.81. The summed E-state index contributed by atoms with van der Waals surface area (Å²) in [4.78, 5) is 17.1. The van der Waals surface area contributed by atoms with Gasteiger partial charge in [0.25, 0.3) is 5.91 Å². The Morgan fingerprint density at radius 3 is 2.95 bits per heavy atom. The number of nitrogens with one attached hydrogen (secondary N) is 1. The largest absolute Gasteiger partial charge is 0.391 e. The molecule has 0 saturated carbocycles. The molecule has 0 aromatic heterocycles. The van der Waals surface area contributed by atoms with Crippen molar-refractivity contribution < 1.29 is 14.7 Å². The fourth-order valence-electron chi connectivity index (χ4n) is 2.09. The minimum absolute atomic E-state index is 0.227. The second kappa shape index (κ2) is 7.05. The topological polar surface area (TPSA) is 70.9 Å². The molecule has 2 rings (SSSR count). The van der Waals surface area contributed by atoms with Crippen molar-refractivity contribution in [3.05, 3.63) is 35.9 Å². The van der Waals surface area contributed by atoms with Crippen LogP contribution in [0.25, 0.3) is 0 Å². The third kappa shape index (κ3) is 3.81. The number of carbonyl (C=O) groups is 1. The van der Waals surface area contributed by atoms with E-state index in [1.165, 1.54) is 0 Å². The van der Waals surface area contributed by atoms with E-state index in [0.29, 0.717) is 12.8 Å². The second-order valence-corrected chi connectivity index (χ2v) is 4.89. The predicted octanol–water partition coefficient (Wildman–Crippen LogP) is 1.46. The number of amides is 1. The van der Waals surface area contributed by atoms with E-state index in [1.807, 2.05) is 37.3 Å². The molecule has 0 fully saturated rings. The Hall–Kier alpha value is -1.88. The van der Waals surface area contributed by atoms with Gasteiger partial charge in [-0.05, 0) is 12.0 Å². The van der Waals surface area contributed by atoms with Crippen molar-refractivity contribution in [2.45, 2.75) is 38.4 Å². The molecular weight excluding hydrogens is 256 g/mol. The van der Waals surface area contributed by atoms with Gasteiger partial charge in [-0.25, -0.2) is 0 Å². The van der Waals surface area contributed by atoms with Gasteiger partial charge in [-0.2, -0.15) is 0 Å². The van der Waals surface area contributed by atoms with E-state index >= 15 is 0 Å². The van der Waals surface area contributed by atoms with Crippen molar-refractivity contribution in [2.75, 3.05) is 6.54 Å². The van der Waals surface area contributed by atoms with Gasteiger partial charge in [-0.15, -0.1) is 0 Å². The van der Waals surface area contributed by atoms with Gasteiger partial charge in [-0.1, -0.05) is 48.8 Å². The van der Waals surface area contributed by atoms with Crippen LogP contribution in [0.2, 0.25) is 0 Å². The molecule has 1 amide bonds. The Labute approximate surface area is 118 Å². The molecule has 0 spiro atoms. The standard InChI is InChI=1S/C15H20N2O3/c1-2-6-12(18)10-16-15(19)14-9-13(17-20-14)11-7-4-3-5-8-11/h3-5,7-8,12,14,18H,2,6,9-10H2,1H3,(H,16,19). The normalized spacial score (nSPS) is 19.1. The summed E-state index contributed by atoms with van der Waals surface area (Å²) in [6, 6.07) is 9.65. The molecule has 2 N–H and O–H groups in total. The van der Waals surface area contributed by atoms with Gasteiger partial charge < -0.3 is 15.3 Å². The number of nitrogens with zero attached hydrogens (tertiary/aromatic N) is 1. The highest BCUT2D eigenvalue weighted by Crippen LogP contribution is 2.16. The van der Waals surface area contributed by atoms with Crippen molar-refractivity contribution in [3.8, 4) is 0 Å². The zero-order chi connectivity index (χ0) is 14.4. The highest BCUT2D eigenvalue weighted by Gasteiger charge is 2.28. The van der Waals surface area contributed by atoms with Crippen LogP contribution in [0.15, 0.2) is 35.5 Å². The molecule has 0 radical (unpaired) electrons. The highest BCUT2D eigenvalue weighted by atomic mass is 16.6. The summed E-state index contributed by atoms with van der Waals surface area (Å²) < 4.78 is 0. The predicted molar refractivity (Wildman–Crippen MR) is 76.4 cm³/mol. The summed E-state index contributed by atoms with van der Waals surface area (Å²) in [5.41, 5.74) is 1.74. The zero-order valence-electron chi connectivity index (χ0n) is 11.6. The zero-order valence-corrected chi connectivity index (χ0v) is 11.6. The molecule has 108 valence electrons. The van der Waals surface area contributed by atoms with E-state index in [2.05, 4.69) is 10.5 Å². The minimum Gasteiger partial charge on any atom is -0.391 e. The van der Waals surface area contributed by atoms with Crippen molar-refractivity contribution in [1.29, 1.82) is 0 Å². The maximum absolute atomic E-state index is 11.9. The molecule has 1 heterocycles. The quantitative estimate of drug-likeness (QED) is 0.826. The molecule has 0 saturated heterocycles. The molecule has 1 aliphatic rings. The first-order valence-corrected chi connectivity index (χ1v) is 6.94. The van der Waals surface area contributed by atoms with E-state index in [1.54, 1.807) is 0 Å². The van der Waals surface area contributed by atoms with Gasteiger partial charge in [0.15, 0.2) is 0 Å². The van der Waals surface area contributed by atoms with E-state index in [9.17, 15) is 9.90 Å². The van der Waals surface area contributed by atoms with Crippen LogP contribution in [0.5, 0.6) is 0 Å². The van der Waals surface area contributed by atoms with Gasteiger partial charge >= 0.3 is 0 Å². The first kappa shape index (κ1) is 14.5. The van der Waals surface area contributed by atoms with Gasteiger partial charge in [0.2, 0.25) is 6.10 Å². The fourth-order valence-corrected chi connectivity index (χ4v) is 2.09. The Morgan fingerprint density at radius 1 is 1.50 bits per heavy atom. The van der Waals surface area contributed by atoms with E-state index in [0.717, 1.165) is 17.7 Å². The van der Waals surface area contributed by atoms with Crippen molar-refractivity contribution in [2.24, 2.45) is 5.16 Å². The van der Waals surface area contributed by atoms with E-state index in [-0.39, 0.29) is 12.5 Å². The van der Waals surface area contributed by atoms with Crippen molar-refractivity contribution in [1.82, 2.24) is 5.32 Å². The average molecular weight is 276 g/mol. The van der Waals surface area contributed by atoms with Crippen LogP contribution in [-0.4, -0.2) is 35.5 Å². The molecule has 5 heteroatoms. The number of hydrogen-bond acceptors (Lipinski definition) is 4. The molecule has 0 bridgehead atoms. The molecular formula is C15H20N2O3. The Bertz CT molecular complexity index is 473. The minimum atomic E-state index is -0.598. The van der Waals surface area contributed by atoms with Crippen LogP contribution in [0.4, 0.5) is 0 Å². The van der Waals surface area contributed by atoms with Crippen molar-refractivity contribution in [3.63, 3.8) is 0 Å².